The van der Waals surface area contributed by atoms with Gasteiger partial charge in [0.1, 0.15) is 5.56 Å². The van der Waals surface area contributed by atoms with Crippen LogP contribution in [0.2, 0.25) is 0 Å². The van der Waals surface area contributed by atoms with Crippen LogP contribution in [-0.2, 0) is 6.42 Å². The molecule has 1 aliphatic rings. The number of hydrogen-bond acceptors (Lipinski definition) is 4. The van der Waals surface area contributed by atoms with E-state index in [-0.39, 0.29) is 11.6 Å². The molecule has 2 N–H and O–H groups in total. The van der Waals surface area contributed by atoms with Gasteiger partial charge in [0.05, 0.1) is 5.69 Å². The quantitative estimate of drug-likeness (QED) is 0.831. The van der Waals surface area contributed by atoms with Crippen molar-refractivity contribution < 1.29 is 9.90 Å². The Hall–Kier alpha value is -2.21. The molecule has 0 spiro atoms. The molecule has 3 rings (SSSR count). The lowest BCUT2D eigenvalue weighted by Crippen LogP contribution is -2.24. The second-order valence-corrected chi connectivity index (χ2v) is 6.79. The third-order valence-corrected chi connectivity index (χ3v) is 5.15. The van der Waals surface area contributed by atoms with Crippen LogP contribution in [0.25, 0.3) is 11.3 Å². The summed E-state index contributed by atoms with van der Waals surface area (Å²) in [6.07, 6.45) is 4.30. The highest BCUT2D eigenvalue weighted by Gasteiger charge is 2.24. The number of aromatic carboxylic acids is 1. The van der Waals surface area contributed by atoms with Crippen molar-refractivity contribution >= 4 is 23.4 Å². The summed E-state index contributed by atoms with van der Waals surface area (Å²) in [6, 6.07) is 5.80. The highest BCUT2D eigenvalue weighted by molar-refractivity contribution is 7.98. The molecule has 1 aromatic heterocycles. The van der Waals surface area contributed by atoms with E-state index in [4.69, 9.17) is 0 Å². The topological polar surface area (TPSA) is 71.3 Å². The van der Waals surface area contributed by atoms with Gasteiger partial charge < -0.3 is 15.0 Å². The first-order chi connectivity index (χ1) is 11.5. The minimum absolute atomic E-state index is 0.0980. The third kappa shape index (κ3) is 2.71. The first kappa shape index (κ1) is 16.6. The maximum Gasteiger partial charge on any atom is 0.341 e. The highest BCUT2D eigenvalue weighted by atomic mass is 32.2. The summed E-state index contributed by atoms with van der Waals surface area (Å²) in [6.45, 7) is 4.95. The highest BCUT2D eigenvalue weighted by Crippen LogP contribution is 2.39. The second kappa shape index (κ2) is 6.36. The Kier molecular flexibility index (Phi) is 4.41. The van der Waals surface area contributed by atoms with Crippen molar-refractivity contribution in [2.45, 2.75) is 31.2 Å². The molecule has 0 saturated carbocycles. The Morgan fingerprint density at radius 1 is 1.42 bits per heavy atom. The van der Waals surface area contributed by atoms with Crippen LogP contribution < -0.4 is 10.7 Å². The normalized spacial score (nSPS) is 15.5. The van der Waals surface area contributed by atoms with Gasteiger partial charge >= 0.3 is 5.97 Å². The standard InChI is InChI=1S/C18H20N2O3S/c1-4-19-14-6-11-5-10(2)20-9-13(18(22)23)16(21)8-15(20)12(11)7-17(14)24-3/h6-10,19H,4-5H2,1-3H3,(H,22,23). The average Bonchev–Trinajstić information content (AvgIpc) is 2.54. The summed E-state index contributed by atoms with van der Waals surface area (Å²) in [5, 5.41) is 12.6. The van der Waals surface area contributed by atoms with E-state index in [1.807, 2.05) is 17.7 Å². The SMILES string of the molecule is CCNc1cc2c(cc1SC)-c1cc(=O)c(C(=O)O)cn1C(C)C2. The van der Waals surface area contributed by atoms with Gasteiger partial charge in [0.2, 0.25) is 0 Å². The van der Waals surface area contributed by atoms with Crippen LogP contribution >= 0.6 is 11.8 Å². The number of carboxylic acids is 1. The molecule has 6 heteroatoms. The molecule has 0 bridgehead atoms. The van der Waals surface area contributed by atoms with Gasteiger partial charge in [-0.15, -0.1) is 11.8 Å². The monoisotopic (exact) mass is 344 g/mol. The molecular formula is C18H20N2O3S. The van der Waals surface area contributed by atoms with Crippen LogP contribution in [0.4, 0.5) is 5.69 Å². The molecule has 1 unspecified atom stereocenters. The lowest BCUT2D eigenvalue weighted by Gasteiger charge is -2.29. The summed E-state index contributed by atoms with van der Waals surface area (Å²) in [5.41, 5.74) is 3.46. The fourth-order valence-corrected chi connectivity index (χ4v) is 3.82. The molecule has 126 valence electrons. The largest absolute Gasteiger partial charge is 0.477 e. The van der Waals surface area contributed by atoms with E-state index in [1.165, 1.54) is 17.8 Å². The molecule has 0 aliphatic carbocycles. The van der Waals surface area contributed by atoms with Crippen LogP contribution in [0.5, 0.6) is 0 Å². The Morgan fingerprint density at radius 3 is 2.79 bits per heavy atom. The first-order valence-electron chi connectivity index (χ1n) is 7.90. The molecule has 0 amide bonds. The number of fused-ring (bicyclic) bond motifs is 3. The summed E-state index contributed by atoms with van der Waals surface area (Å²) in [4.78, 5) is 24.5. The van der Waals surface area contributed by atoms with Gasteiger partial charge in [-0.3, -0.25) is 4.79 Å². The maximum absolute atomic E-state index is 12.2. The van der Waals surface area contributed by atoms with Gasteiger partial charge in [-0.25, -0.2) is 4.79 Å². The van der Waals surface area contributed by atoms with Crippen LogP contribution in [-0.4, -0.2) is 28.4 Å². The van der Waals surface area contributed by atoms with E-state index < -0.39 is 11.4 Å². The predicted molar refractivity (Wildman–Crippen MR) is 97.5 cm³/mol. The molecule has 2 heterocycles. The number of benzene rings is 1. The van der Waals surface area contributed by atoms with Crippen LogP contribution in [0.1, 0.15) is 35.8 Å². The van der Waals surface area contributed by atoms with Crippen molar-refractivity contribution in [3.8, 4) is 11.3 Å². The number of pyridine rings is 1. The molecule has 0 radical (unpaired) electrons. The fraction of sp³-hybridized carbons (Fsp3) is 0.333. The number of nitrogens with zero attached hydrogens (tertiary/aromatic N) is 1. The van der Waals surface area contributed by atoms with E-state index in [2.05, 4.69) is 24.4 Å². The Labute approximate surface area is 144 Å². The molecular weight excluding hydrogens is 324 g/mol. The van der Waals surface area contributed by atoms with E-state index in [9.17, 15) is 14.7 Å². The van der Waals surface area contributed by atoms with Crippen molar-refractivity contribution in [3.63, 3.8) is 0 Å². The van der Waals surface area contributed by atoms with E-state index in [1.54, 1.807) is 11.8 Å². The van der Waals surface area contributed by atoms with Crippen LogP contribution in [0, 0.1) is 0 Å². The number of rotatable bonds is 4. The van der Waals surface area contributed by atoms with Crippen LogP contribution in [0.3, 0.4) is 0 Å². The zero-order valence-corrected chi connectivity index (χ0v) is 14.7. The molecule has 1 atom stereocenters. The molecule has 0 saturated heterocycles. The smallest absolute Gasteiger partial charge is 0.341 e. The number of anilines is 1. The lowest BCUT2D eigenvalue weighted by atomic mass is 9.92. The lowest BCUT2D eigenvalue weighted by molar-refractivity contribution is 0.0694. The summed E-state index contributed by atoms with van der Waals surface area (Å²) >= 11 is 1.65. The number of thioether (sulfide) groups is 1. The number of aromatic nitrogens is 1. The maximum atomic E-state index is 12.2. The molecule has 24 heavy (non-hydrogen) atoms. The van der Waals surface area contributed by atoms with Gasteiger partial charge in [-0.2, -0.15) is 0 Å². The molecule has 1 aromatic carbocycles. The molecule has 5 nitrogen and oxygen atoms in total. The van der Waals surface area contributed by atoms with Crippen molar-refractivity contribution in [3.05, 3.63) is 45.7 Å². The zero-order chi connectivity index (χ0) is 17.4. The van der Waals surface area contributed by atoms with E-state index >= 15 is 0 Å². The fourth-order valence-electron chi connectivity index (χ4n) is 3.24. The molecule has 2 aromatic rings. The van der Waals surface area contributed by atoms with Crippen LogP contribution in [0.15, 0.2) is 34.1 Å². The van der Waals surface area contributed by atoms with Crippen molar-refractivity contribution in [2.24, 2.45) is 0 Å². The number of hydrogen-bond donors (Lipinski definition) is 2. The Morgan fingerprint density at radius 2 is 2.17 bits per heavy atom. The van der Waals surface area contributed by atoms with Gasteiger partial charge in [-0.05, 0) is 44.2 Å². The minimum atomic E-state index is -1.18. The third-order valence-electron chi connectivity index (χ3n) is 4.37. The number of carbonyl (C=O) groups is 1. The predicted octanol–water partition coefficient (Wildman–Crippen LogP) is 3.48. The number of carboxylic acid groups (broad SMARTS) is 1. The average molecular weight is 344 g/mol. The summed E-state index contributed by atoms with van der Waals surface area (Å²) in [7, 11) is 0. The Bertz CT molecular complexity index is 873. The summed E-state index contributed by atoms with van der Waals surface area (Å²) in [5.74, 6) is -1.18. The van der Waals surface area contributed by atoms with Crippen molar-refractivity contribution in [1.29, 1.82) is 0 Å². The van der Waals surface area contributed by atoms with E-state index in [0.29, 0.717) is 0 Å². The first-order valence-corrected chi connectivity index (χ1v) is 9.13. The molecule has 0 fully saturated rings. The van der Waals surface area contributed by atoms with Crippen molar-refractivity contribution in [1.82, 2.24) is 4.57 Å². The van der Waals surface area contributed by atoms with E-state index in [0.717, 1.165) is 34.8 Å². The van der Waals surface area contributed by atoms with Gasteiger partial charge in [0, 0.05) is 41.0 Å². The number of nitrogens with one attached hydrogen (secondary N) is 1. The zero-order valence-electron chi connectivity index (χ0n) is 13.9. The van der Waals surface area contributed by atoms with Gasteiger partial charge in [0.15, 0.2) is 5.43 Å². The van der Waals surface area contributed by atoms with Gasteiger partial charge in [0.25, 0.3) is 0 Å². The Balaban J connectivity index is 2.24. The molecule has 1 aliphatic heterocycles. The summed E-state index contributed by atoms with van der Waals surface area (Å²) < 4.78 is 1.91. The minimum Gasteiger partial charge on any atom is -0.477 e. The van der Waals surface area contributed by atoms with Crippen molar-refractivity contribution in [2.75, 3.05) is 18.1 Å². The van der Waals surface area contributed by atoms with Gasteiger partial charge in [-0.1, -0.05) is 0 Å². The second-order valence-electron chi connectivity index (χ2n) is 5.94.